The molecule has 1 aromatic carbocycles. The lowest BCUT2D eigenvalue weighted by atomic mass is 10.1. The number of nitrogens with one attached hydrogen (secondary N) is 1. The number of carbonyl (C=O) groups excluding carboxylic acids is 1. The molecule has 0 unspecified atom stereocenters. The second kappa shape index (κ2) is 8.08. The second-order valence-electron chi connectivity index (χ2n) is 6.07. The fourth-order valence-electron chi connectivity index (χ4n) is 2.78. The van der Waals surface area contributed by atoms with Gasteiger partial charge in [-0.1, -0.05) is 23.2 Å². The van der Waals surface area contributed by atoms with Crippen LogP contribution in [0.2, 0.25) is 10.0 Å². The van der Waals surface area contributed by atoms with Crippen LogP contribution in [0, 0.1) is 0 Å². The molecule has 0 fully saturated rings. The molecule has 0 radical (unpaired) electrons. The molecule has 0 aliphatic heterocycles. The summed E-state index contributed by atoms with van der Waals surface area (Å²) in [6.45, 7) is 1.97. The number of anilines is 2. The Hall–Kier alpha value is -2.52. The van der Waals surface area contributed by atoms with Gasteiger partial charge in [-0.25, -0.2) is 4.98 Å². The average molecular weight is 447 g/mol. The third kappa shape index (κ3) is 4.56. The van der Waals surface area contributed by atoms with Gasteiger partial charge >= 0.3 is 6.18 Å². The van der Waals surface area contributed by atoms with Gasteiger partial charge in [-0.05, 0) is 19.9 Å². The minimum atomic E-state index is -4.53. The number of Topliss-reactive ketones (excluding diaryl/α,β-unsaturated/α-hetero) is 1. The maximum absolute atomic E-state index is 13.3. The first-order valence-corrected chi connectivity index (χ1v) is 9.17. The first-order chi connectivity index (χ1) is 13.6. The summed E-state index contributed by atoms with van der Waals surface area (Å²) in [4.78, 5) is 20.0. The fraction of sp³-hybridized carbons (Fsp3) is 0.278. The molecule has 1 N–H and O–H groups in total. The van der Waals surface area contributed by atoms with Crippen LogP contribution in [0.5, 0.6) is 5.75 Å². The Bertz CT molecular complexity index is 1060. The summed E-state index contributed by atoms with van der Waals surface area (Å²) in [5.74, 6) is -0.256. The van der Waals surface area contributed by atoms with E-state index in [2.05, 4.69) is 15.3 Å². The molecular formula is C18H15Cl2F3N4O2. The number of alkyl halides is 3. The summed E-state index contributed by atoms with van der Waals surface area (Å²) in [6, 6.07) is 2.77. The minimum Gasteiger partial charge on any atom is -0.493 e. The van der Waals surface area contributed by atoms with E-state index in [0.29, 0.717) is 0 Å². The van der Waals surface area contributed by atoms with E-state index in [1.54, 1.807) is 6.92 Å². The van der Waals surface area contributed by atoms with Gasteiger partial charge in [0.2, 0.25) is 5.95 Å². The van der Waals surface area contributed by atoms with Crippen LogP contribution < -0.4 is 10.1 Å². The zero-order valence-corrected chi connectivity index (χ0v) is 16.8. The number of hydrogen-bond acceptors (Lipinski definition) is 5. The molecule has 154 valence electrons. The summed E-state index contributed by atoms with van der Waals surface area (Å²) in [7, 11) is 0. The van der Waals surface area contributed by atoms with E-state index in [1.165, 1.54) is 31.5 Å². The van der Waals surface area contributed by atoms with Crippen molar-refractivity contribution in [2.45, 2.75) is 26.6 Å². The van der Waals surface area contributed by atoms with Crippen LogP contribution in [-0.4, -0.2) is 33.1 Å². The van der Waals surface area contributed by atoms with Crippen LogP contribution in [-0.2, 0) is 6.54 Å². The predicted octanol–water partition coefficient (Wildman–Crippen LogP) is 5.65. The van der Waals surface area contributed by atoms with E-state index < -0.39 is 12.7 Å². The van der Waals surface area contributed by atoms with Crippen LogP contribution in [0.25, 0.3) is 11.0 Å². The monoisotopic (exact) mass is 446 g/mol. The van der Waals surface area contributed by atoms with Gasteiger partial charge in [0.25, 0.3) is 0 Å². The number of pyridine rings is 1. The van der Waals surface area contributed by atoms with Crippen molar-refractivity contribution in [3.8, 4) is 5.75 Å². The number of nitrogens with zero attached hydrogens (tertiary/aromatic N) is 3. The molecule has 0 saturated carbocycles. The Labute approximate surface area is 173 Å². The van der Waals surface area contributed by atoms with Gasteiger partial charge in [-0.2, -0.15) is 13.2 Å². The molecule has 3 rings (SSSR count). The zero-order chi connectivity index (χ0) is 21.3. The fourth-order valence-corrected chi connectivity index (χ4v) is 3.24. The number of carbonyl (C=O) groups is 1. The molecule has 0 atom stereocenters. The standard InChI is InChI=1S/C18H15Cl2F3N4O2/c1-3-29-15-5-14-13(4-10(15)9(2)28)25-17(27(14)8-18(21,22)23)26-16-11(19)6-24-7-12(16)20/h4-7H,3,8H2,1-2H3,(H,24,25,26). The highest BCUT2D eigenvalue weighted by molar-refractivity contribution is 6.39. The van der Waals surface area contributed by atoms with Crippen molar-refractivity contribution in [2.24, 2.45) is 0 Å². The summed E-state index contributed by atoms with van der Waals surface area (Å²) in [5, 5.41) is 2.97. The van der Waals surface area contributed by atoms with Crippen LogP contribution in [0.15, 0.2) is 24.5 Å². The predicted molar refractivity (Wildman–Crippen MR) is 105 cm³/mol. The summed E-state index contributed by atoms with van der Waals surface area (Å²) >= 11 is 12.1. The average Bonchev–Trinajstić information content (AvgIpc) is 2.93. The van der Waals surface area contributed by atoms with E-state index in [9.17, 15) is 18.0 Å². The van der Waals surface area contributed by atoms with Crippen LogP contribution in [0.4, 0.5) is 24.8 Å². The number of imidazole rings is 1. The number of ketones is 1. The number of ether oxygens (including phenoxy) is 1. The summed E-state index contributed by atoms with van der Waals surface area (Å²) in [5.41, 5.74) is 0.715. The molecule has 0 amide bonds. The first kappa shape index (κ1) is 21.2. The van der Waals surface area contributed by atoms with E-state index in [1.807, 2.05) is 0 Å². The van der Waals surface area contributed by atoms with Gasteiger partial charge in [0, 0.05) is 18.5 Å². The number of aromatic nitrogens is 3. The van der Waals surface area contributed by atoms with Crippen molar-refractivity contribution in [2.75, 3.05) is 11.9 Å². The highest BCUT2D eigenvalue weighted by atomic mass is 35.5. The summed E-state index contributed by atoms with van der Waals surface area (Å²) < 4.78 is 46.1. The highest BCUT2D eigenvalue weighted by Crippen LogP contribution is 2.35. The van der Waals surface area contributed by atoms with Crippen molar-refractivity contribution in [3.05, 3.63) is 40.1 Å². The normalized spacial score (nSPS) is 11.7. The van der Waals surface area contributed by atoms with Gasteiger partial charge in [0.1, 0.15) is 12.3 Å². The molecule has 2 heterocycles. The van der Waals surface area contributed by atoms with E-state index >= 15 is 0 Å². The van der Waals surface area contributed by atoms with Gasteiger partial charge in [0.15, 0.2) is 5.78 Å². The van der Waals surface area contributed by atoms with Gasteiger partial charge in [-0.3, -0.25) is 9.78 Å². The van der Waals surface area contributed by atoms with Crippen LogP contribution >= 0.6 is 23.2 Å². The number of fused-ring (bicyclic) bond motifs is 1. The molecule has 3 aromatic rings. The maximum Gasteiger partial charge on any atom is 0.406 e. The molecule has 0 spiro atoms. The largest absolute Gasteiger partial charge is 0.493 e. The van der Waals surface area contributed by atoms with Crippen molar-refractivity contribution in [3.63, 3.8) is 0 Å². The molecule has 11 heteroatoms. The lowest BCUT2D eigenvalue weighted by Crippen LogP contribution is -2.19. The highest BCUT2D eigenvalue weighted by Gasteiger charge is 2.31. The number of hydrogen-bond donors (Lipinski definition) is 1. The smallest absolute Gasteiger partial charge is 0.406 e. The van der Waals surface area contributed by atoms with Crippen molar-refractivity contribution >= 4 is 51.7 Å². The zero-order valence-electron chi connectivity index (χ0n) is 15.3. The van der Waals surface area contributed by atoms with Crippen LogP contribution in [0.3, 0.4) is 0 Å². The third-order valence-electron chi connectivity index (χ3n) is 3.96. The van der Waals surface area contributed by atoms with E-state index in [-0.39, 0.29) is 56.4 Å². The third-order valence-corrected chi connectivity index (χ3v) is 4.53. The van der Waals surface area contributed by atoms with Crippen molar-refractivity contribution in [1.29, 1.82) is 0 Å². The Morgan fingerprint density at radius 3 is 2.45 bits per heavy atom. The quantitative estimate of drug-likeness (QED) is 0.495. The summed E-state index contributed by atoms with van der Waals surface area (Å²) in [6.07, 6.45) is -1.93. The Balaban J connectivity index is 2.22. The topological polar surface area (TPSA) is 69.0 Å². The number of rotatable bonds is 6. The van der Waals surface area contributed by atoms with Crippen molar-refractivity contribution < 1.29 is 22.7 Å². The Kier molecular flexibility index (Phi) is 5.90. The molecule has 2 aromatic heterocycles. The number of benzene rings is 1. The van der Waals surface area contributed by atoms with Gasteiger partial charge < -0.3 is 14.6 Å². The van der Waals surface area contributed by atoms with E-state index in [4.69, 9.17) is 27.9 Å². The van der Waals surface area contributed by atoms with Crippen molar-refractivity contribution in [1.82, 2.24) is 14.5 Å². The Morgan fingerprint density at radius 2 is 1.90 bits per heavy atom. The molecular weight excluding hydrogens is 432 g/mol. The Morgan fingerprint density at radius 1 is 1.24 bits per heavy atom. The molecule has 0 aliphatic rings. The number of halogens is 5. The van der Waals surface area contributed by atoms with E-state index in [0.717, 1.165) is 4.57 Å². The van der Waals surface area contributed by atoms with Crippen LogP contribution in [0.1, 0.15) is 24.2 Å². The van der Waals surface area contributed by atoms with Gasteiger partial charge in [0.05, 0.1) is 38.9 Å². The maximum atomic E-state index is 13.3. The lowest BCUT2D eigenvalue weighted by molar-refractivity contribution is -0.139. The molecule has 0 aliphatic carbocycles. The second-order valence-corrected chi connectivity index (χ2v) is 6.88. The minimum absolute atomic E-state index is 0.113. The lowest BCUT2D eigenvalue weighted by Gasteiger charge is -2.15. The SMILES string of the molecule is CCOc1cc2c(cc1C(C)=O)nc(Nc1c(Cl)cncc1Cl)n2CC(F)(F)F. The first-order valence-electron chi connectivity index (χ1n) is 8.41. The molecule has 0 saturated heterocycles. The van der Waals surface area contributed by atoms with Gasteiger partial charge in [-0.15, -0.1) is 0 Å². The molecule has 0 bridgehead atoms. The molecule has 29 heavy (non-hydrogen) atoms. The molecule has 6 nitrogen and oxygen atoms in total.